The lowest BCUT2D eigenvalue weighted by atomic mass is 9.85. The van der Waals surface area contributed by atoms with Crippen LogP contribution in [-0.2, 0) is 14.4 Å². The SMILES string of the molecule is NNC(=O)CCN1C(=O)C2CC=C(Cl)CC2C1=O. The number of rotatable bonds is 3. The summed E-state index contributed by atoms with van der Waals surface area (Å²) in [6.07, 6.45) is 2.71. The third-order valence-electron chi connectivity index (χ3n) is 3.38. The quantitative estimate of drug-likeness (QED) is 0.324. The van der Waals surface area contributed by atoms with E-state index < -0.39 is 5.91 Å². The van der Waals surface area contributed by atoms with Gasteiger partial charge < -0.3 is 0 Å². The summed E-state index contributed by atoms with van der Waals surface area (Å²) in [6, 6.07) is 0. The highest BCUT2D eigenvalue weighted by molar-refractivity contribution is 6.30. The number of carbonyl (C=O) groups is 3. The molecule has 0 radical (unpaired) electrons. The summed E-state index contributed by atoms with van der Waals surface area (Å²) < 4.78 is 0. The maximum atomic E-state index is 12.1. The molecule has 2 atom stereocenters. The minimum Gasteiger partial charge on any atom is -0.294 e. The molecule has 3 amide bonds. The Hall–Kier alpha value is -1.40. The molecule has 18 heavy (non-hydrogen) atoms. The van der Waals surface area contributed by atoms with E-state index in [1.165, 1.54) is 0 Å². The summed E-state index contributed by atoms with van der Waals surface area (Å²) in [5.41, 5.74) is 1.97. The van der Waals surface area contributed by atoms with E-state index in [9.17, 15) is 14.4 Å². The second-order valence-electron chi connectivity index (χ2n) is 4.45. The number of imide groups is 1. The molecule has 2 aliphatic rings. The number of amides is 3. The molecule has 0 aromatic heterocycles. The highest BCUT2D eigenvalue weighted by atomic mass is 35.5. The fourth-order valence-corrected chi connectivity index (χ4v) is 2.66. The predicted octanol–water partition coefficient (Wildman–Crippen LogP) is -0.116. The monoisotopic (exact) mass is 271 g/mol. The summed E-state index contributed by atoms with van der Waals surface area (Å²) in [6.45, 7) is 0.0747. The molecule has 98 valence electrons. The second kappa shape index (κ2) is 5.07. The number of likely N-dealkylation sites (tertiary alicyclic amines) is 1. The molecule has 1 fully saturated rings. The van der Waals surface area contributed by atoms with Crippen molar-refractivity contribution in [1.29, 1.82) is 0 Å². The molecule has 0 aromatic carbocycles. The third-order valence-corrected chi connectivity index (χ3v) is 3.69. The first-order valence-corrected chi connectivity index (χ1v) is 6.11. The zero-order chi connectivity index (χ0) is 13.3. The molecule has 1 heterocycles. The Morgan fingerprint density at radius 2 is 2.11 bits per heavy atom. The van der Waals surface area contributed by atoms with Crippen molar-refractivity contribution >= 4 is 29.3 Å². The minimum atomic E-state index is -0.401. The van der Waals surface area contributed by atoms with Crippen LogP contribution in [0.1, 0.15) is 19.3 Å². The van der Waals surface area contributed by atoms with Crippen molar-refractivity contribution in [3.8, 4) is 0 Å². The van der Waals surface area contributed by atoms with Crippen molar-refractivity contribution in [2.75, 3.05) is 6.54 Å². The Kier molecular flexibility index (Phi) is 3.68. The Morgan fingerprint density at radius 1 is 1.44 bits per heavy atom. The minimum absolute atomic E-state index is 0.0224. The largest absolute Gasteiger partial charge is 0.294 e. The van der Waals surface area contributed by atoms with Gasteiger partial charge in [-0.3, -0.25) is 24.7 Å². The molecule has 1 aliphatic heterocycles. The number of nitrogens with zero attached hydrogens (tertiary/aromatic N) is 1. The number of hydrogen-bond acceptors (Lipinski definition) is 4. The van der Waals surface area contributed by atoms with Gasteiger partial charge in [0.25, 0.3) is 0 Å². The van der Waals surface area contributed by atoms with Crippen molar-refractivity contribution < 1.29 is 14.4 Å². The molecule has 7 heteroatoms. The fraction of sp³-hybridized carbons (Fsp3) is 0.545. The van der Waals surface area contributed by atoms with Gasteiger partial charge in [-0.25, -0.2) is 5.84 Å². The van der Waals surface area contributed by atoms with Crippen LogP contribution < -0.4 is 11.3 Å². The summed E-state index contributed by atoms with van der Waals surface area (Å²) in [7, 11) is 0. The Morgan fingerprint density at radius 3 is 2.78 bits per heavy atom. The van der Waals surface area contributed by atoms with Crippen molar-refractivity contribution in [1.82, 2.24) is 10.3 Å². The van der Waals surface area contributed by atoms with Crippen LogP contribution in [0.3, 0.4) is 0 Å². The fourth-order valence-electron chi connectivity index (χ4n) is 2.40. The lowest BCUT2D eigenvalue weighted by Gasteiger charge is -2.17. The number of fused-ring (bicyclic) bond motifs is 1. The number of allylic oxidation sites excluding steroid dienone is 2. The van der Waals surface area contributed by atoms with Crippen molar-refractivity contribution in [3.63, 3.8) is 0 Å². The average molecular weight is 272 g/mol. The van der Waals surface area contributed by atoms with Crippen molar-refractivity contribution in [2.24, 2.45) is 17.7 Å². The van der Waals surface area contributed by atoms with Gasteiger partial charge in [0.2, 0.25) is 17.7 Å². The normalized spacial score (nSPS) is 27.0. The summed E-state index contributed by atoms with van der Waals surface area (Å²) in [4.78, 5) is 36.3. The maximum absolute atomic E-state index is 12.1. The van der Waals surface area contributed by atoms with Crippen molar-refractivity contribution in [2.45, 2.75) is 19.3 Å². The summed E-state index contributed by atoms with van der Waals surface area (Å²) >= 11 is 5.89. The van der Waals surface area contributed by atoms with E-state index in [1.807, 2.05) is 5.43 Å². The third kappa shape index (κ3) is 2.26. The molecule has 0 saturated carbocycles. The lowest BCUT2D eigenvalue weighted by Crippen LogP contribution is -2.37. The molecular weight excluding hydrogens is 258 g/mol. The number of nitrogens with two attached hydrogens (primary N) is 1. The van der Waals surface area contributed by atoms with Gasteiger partial charge in [-0.2, -0.15) is 0 Å². The van der Waals surface area contributed by atoms with Gasteiger partial charge in [0.1, 0.15) is 0 Å². The van der Waals surface area contributed by atoms with Gasteiger partial charge in [-0.15, -0.1) is 0 Å². The lowest BCUT2D eigenvalue weighted by molar-refractivity contribution is -0.140. The van der Waals surface area contributed by atoms with Crippen LogP contribution in [0.15, 0.2) is 11.1 Å². The van der Waals surface area contributed by atoms with Crippen LogP contribution in [0.5, 0.6) is 0 Å². The van der Waals surface area contributed by atoms with Gasteiger partial charge in [0, 0.05) is 18.0 Å². The molecule has 0 spiro atoms. The first-order valence-electron chi connectivity index (χ1n) is 5.73. The molecule has 1 aliphatic carbocycles. The second-order valence-corrected chi connectivity index (χ2v) is 4.93. The summed E-state index contributed by atoms with van der Waals surface area (Å²) in [5.74, 6) is 3.41. The van der Waals surface area contributed by atoms with Gasteiger partial charge in [-0.1, -0.05) is 17.7 Å². The average Bonchev–Trinajstić information content (AvgIpc) is 2.59. The van der Waals surface area contributed by atoms with Gasteiger partial charge in [-0.05, 0) is 12.8 Å². The van der Waals surface area contributed by atoms with Crippen molar-refractivity contribution in [3.05, 3.63) is 11.1 Å². The van der Waals surface area contributed by atoms with E-state index in [0.29, 0.717) is 17.9 Å². The number of halogens is 1. The van der Waals surface area contributed by atoms with Crippen LogP contribution in [0.4, 0.5) is 0 Å². The molecule has 2 rings (SSSR count). The molecular formula is C11H14ClN3O3. The van der Waals surface area contributed by atoms with E-state index in [1.54, 1.807) is 6.08 Å². The number of hydrazine groups is 1. The van der Waals surface area contributed by atoms with E-state index in [4.69, 9.17) is 17.4 Å². The molecule has 3 N–H and O–H groups in total. The highest BCUT2D eigenvalue weighted by Gasteiger charge is 2.48. The first-order chi connectivity index (χ1) is 8.54. The standard InChI is InChI=1S/C11H14ClN3O3/c12-6-1-2-7-8(5-6)11(18)15(10(7)17)4-3-9(16)14-13/h1,7-8H,2-5,13H2,(H,14,16). The van der Waals surface area contributed by atoms with Gasteiger partial charge >= 0.3 is 0 Å². The number of nitrogens with one attached hydrogen (secondary N) is 1. The van der Waals surface area contributed by atoms with Gasteiger partial charge in [0.15, 0.2) is 0 Å². The molecule has 0 aromatic rings. The Balaban J connectivity index is 2.05. The van der Waals surface area contributed by atoms with E-state index in [2.05, 4.69) is 0 Å². The van der Waals surface area contributed by atoms with E-state index in [0.717, 1.165) is 4.90 Å². The van der Waals surface area contributed by atoms with Gasteiger partial charge in [0.05, 0.1) is 11.8 Å². The first kappa shape index (κ1) is 13.0. The topological polar surface area (TPSA) is 92.5 Å². The molecule has 2 unspecified atom stereocenters. The molecule has 1 saturated heterocycles. The van der Waals surface area contributed by atoms with Crippen LogP contribution in [0.25, 0.3) is 0 Å². The zero-order valence-corrected chi connectivity index (χ0v) is 10.4. The highest BCUT2D eigenvalue weighted by Crippen LogP contribution is 2.38. The van der Waals surface area contributed by atoms with Crippen LogP contribution in [-0.4, -0.2) is 29.2 Å². The van der Waals surface area contributed by atoms with Crippen LogP contribution in [0.2, 0.25) is 0 Å². The number of carbonyl (C=O) groups excluding carboxylic acids is 3. The van der Waals surface area contributed by atoms with Crippen LogP contribution >= 0.6 is 11.6 Å². The van der Waals surface area contributed by atoms with E-state index >= 15 is 0 Å². The smallest absolute Gasteiger partial charge is 0.235 e. The van der Waals surface area contributed by atoms with Crippen LogP contribution in [0, 0.1) is 11.8 Å². The van der Waals surface area contributed by atoms with E-state index in [-0.39, 0.29) is 36.6 Å². The number of hydrogen-bond donors (Lipinski definition) is 2. The maximum Gasteiger partial charge on any atom is 0.235 e. The zero-order valence-electron chi connectivity index (χ0n) is 9.69. The molecule has 6 nitrogen and oxygen atoms in total. The molecule has 0 bridgehead atoms. The summed E-state index contributed by atoms with van der Waals surface area (Å²) in [5, 5.41) is 0.624. The Labute approximate surface area is 109 Å². The Bertz CT molecular complexity index is 435. The predicted molar refractivity (Wildman–Crippen MR) is 63.8 cm³/mol.